The van der Waals surface area contributed by atoms with E-state index in [-0.39, 0.29) is 11.2 Å². The van der Waals surface area contributed by atoms with Crippen molar-refractivity contribution in [2.75, 3.05) is 10.6 Å². The Labute approximate surface area is 90.9 Å². The lowest BCUT2D eigenvalue weighted by molar-refractivity contribution is -0.113. The largest absolute Gasteiger partial charge is 0.325 e. The fourth-order valence-electron chi connectivity index (χ4n) is 1.01. The molecule has 0 aliphatic rings. The van der Waals surface area contributed by atoms with E-state index in [1.54, 1.807) is 12.1 Å². The molecule has 1 N–H and O–H groups in total. The number of benzene rings is 1. The smallest absolute Gasteiger partial charge is 0.235 e. The van der Waals surface area contributed by atoms with Crippen molar-refractivity contribution in [1.82, 2.24) is 0 Å². The molecule has 0 unspecified atom stereocenters. The summed E-state index contributed by atoms with van der Waals surface area (Å²) in [6.07, 6.45) is 0. The average molecular weight is 253 g/mol. The van der Waals surface area contributed by atoms with Crippen molar-refractivity contribution in [1.29, 1.82) is 5.26 Å². The van der Waals surface area contributed by atoms with Crippen molar-refractivity contribution in [2.45, 2.75) is 6.92 Å². The van der Waals surface area contributed by atoms with E-state index < -0.39 is 0 Å². The second kappa shape index (κ2) is 4.77. The molecule has 0 aromatic heterocycles. The first-order valence-corrected chi connectivity index (χ1v) is 5.16. The van der Waals surface area contributed by atoms with Gasteiger partial charge < -0.3 is 5.32 Å². The molecule has 0 fully saturated rings. The molecule has 0 saturated carbocycles. The minimum absolute atomic E-state index is 0.127. The third-order valence-electron chi connectivity index (χ3n) is 1.76. The van der Waals surface area contributed by atoms with Gasteiger partial charge in [-0.1, -0.05) is 22.0 Å². The molecule has 72 valence electrons. The Morgan fingerprint density at radius 1 is 1.64 bits per heavy atom. The zero-order chi connectivity index (χ0) is 10.6. The molecule has 1 rings (SSSR count). The predicted octanol–water partition coefficient (Wildman–Crippen LogP) is 2.20. The van der Waals surface area contributed by atoms with Gasteiger partial charge in [0.2, 0.25) is 5.91 Å². The Hall–Kier alpha value is -1.34. The van der Waals surface area contributed by atoms with Crippen molar-refractivity contribution >= 4 is 27.5 Å². The standard InChI is InChI=1S/C10H9BrN2O/c1-7-2-3-9(4-8(7)6-12)13-10(14)5-11/h2-4H,5H2,1H3,(H,13,14). The molecule has 0 spiro atoms. The zero-order valence-corrected chi connectivity index (χ0v) is 9.26. The first kappa shape index (κ1) is 10.7. The summed E-state index contributed by atoms with van der Waals surface area (Å²) in [7, 11) is 0. The van der Waals surface area contributed by atoms with Crippen molar-refractivity contribution in [2.24, 2.45) is 0 Å². The van der Waals surface area contributed by atoms with Crippen molar-refractivity contribution in [3.63, 3.8) is 0 Å². The van der Waals surface area contributed by atoms with Crippen LogP contribution in [0.3, 0.4) is 0 Å². The molecule has 0 aliphatic heterocycles. The molecular formula is C10H9BrN2O. The van der Waals surface area contributed by atoms with Gasteiger partial charge in [0, 0.05) is 5.69 Å². The maximum absolute atomic E-state index is 11.0. The minimum atomic E-state index is -0.127. The third kappa shape index (κ3) is 2.57. The first-order chi connectivity index (χ1) is 6.67. The van der Waals surface area contributed by atoms with Gasteiger partial charge in [-0.25, -0.2) is 0 Å². The lowest BCUT2D eigenvalue weighted by atomic mass is 10.1. The Morgan fingerprint density at radius 3 is 2.93 bits per heavy atom. The quantitative estimate of drug-likeness (QED) is 0.821. The molecule has 0 atom stereocenters. The molecule has 14 heavy (non-hydrogen) atoms. The number of aryl methyl sites for hydroxylation is 1. The number of hydrogen-bond donors (Lipinski definition) is 1. The highest BCUT2D eigenvalue weighted by atomic mass is 79.9. The summed E-state index contributed by atoms with van der Waals surface area (Å²) in [5.41, 5.74) is 2.14. The first-order valence-electron chi connectivity index (χ1n) is 4.04. The molecule has 3 nitrogen and oxygen atoms in total. The normalized spacial score (nSPS) is 9.21. The monoisotopic (exact) mass is 252 g/mol. The van der Waals surface area contributed by atoms with Crippen LogP contribution in [0.4, 0.5) is 5.69 Å². The number of hydrogen-bond acceptors (Lipinski definition) is 2. The van der Waals surface area contributed by atoms with Crippen LogP contribution in [0.2, 0.25) is 0 Å². The van der Waals surface area contributed by atoms with Crippen LogP contribution in [0.5, 0.6) is 0 Å². The van der Waals surface area contributed by atoms with E-state index in [0.717, 1.165) is 5.56 Å². The molecule has 1 aromatic rings. The van der Waals surface area contributed by atoms with E-state index in [0.29, 0.717) is 11.3 Å². The fourth-order valence-corrected chi connectivity index (χ4v) is 1.15. The van der Waals surface area contributed by atoms with Crippen molar-refractivity contribution < 1.29 is 4.79 Å². The van der Waals surface area contributed by atoms with Crippen LogP contribution >= 0.6 is 15.9 Å². The molecular weight excluding hydrogens is 244 g/mol. The van der Waals surface area contributed by atoms with Crippen LogP contribution in [0.1, 0.15) is 11.1 Å². The number of nitrogens with one attached hydrogen (secondary N) is 1. The van der Waals surface area contributed by atoms with Gasteiger partial charge >= 0.3 is 0 Å². The number of nitriles is 1. The zero-order valence-electron chi connectivity index (χ0n) is 7.67. The van der Waals surface area contributed by atoms with Gasteiger partial charge in [0.15, 0.2) is 0 Å². The lowest BCUT2D eigenvalue weighted by Crippen LogP contribution is -2.12. The average Bonchev–Trinajstić information content (AvgIpc) is 2.20. The van der Waals surface area contributed by atoms with Gasteiger partial charge in [-0.15, -0.1) is 0 Å². The highest BCUT2D eigenvalue weighted by Gasteiger charge is 2.02. The molecule has 0 radical (unpaired) electrons. The van der Waals surface area contributed by atoms with E-state index in [4.69, 9.17) is 5.26 Å². The van der Waals surface area contributed by atoms with Gasteiger partial charge in [0.05, 0.1) is 17.0 Å². The summed E-state index contributed by atoms with van der Waals surface area (Å²) in [5.74, 6) is -0.127. The molecule has 1 aromatic carbocycles. The number of alkyl halides is 1. The van der Waals surface area contributed by atoms with E-state index in [2.05, 4.69) is 27.3 Å². The number of amides is 1. The SMILES string of the molecule is Cc1ccc(NC(=O)CBr)cc1C#N. The molecule has 0 saturated heterocycles. The van der Waals surface area contributed by atoms with E-state index in [9.17, 15) is 4.79 Å². The van der Waals surface area contributed by atoms with Crippen LogP contribution in [0, 0.1) is 18.3 Å². The topological polar surface area (TPSA) is 52.9 Å². The Morgan fingerprint density at radius 2 is 2.36 bits per heavy atom. The highest BCUT2D eigenvalue weighted by molar-refractivity contribution is 9.09. The second-order valence-electron chi connectivity index (χ2n) is 2.82. The Balaban J connectivity index is 2.91. The number of carbonyl (C=O) groups is 1. The minimum Gasteiger partial charge on any atom is -0.325 e. The maximum atomic E-state index is 11.0. The maximum Gasteiger partial charge on any atom is 0.235 e. The van der Waals surface area contributed by atoms with Crippen LogP contribution in [0.15, 0.2) is 18.2 Å². The van der Waals surface area contributed by atoms with Crippen LogP contribution < -0.4 is 5.32 Å². The fraction of sp³-hybridized carbons (Fsp3) is 0.200. The summed E-state index contributed by atoms with van der Waals surface area (Å²) in [5, 5.41) is 11.7. The van der Waals surface area contributed by atoms with E-state index in [1.165, 1.54) is 0 Å². The summed E-state index contributed by atoms with van der Waals surface area (Å²) in [6, 6.07) is 7.31. The summed E-state index contributed by atoms with van der Waals surface area (Å²) in [4.78, 5) is 11.0. The molecule has 0 aliphatic carbocycles. The van der Waals surface area contributed by atoms with E-state index in [1.807, 2.05) is 13.0 Å². The van der Waals surface area contributed by atoms with Crippen LogP contribution in [-0.2, 0) is 4.79 Å². The lowest BCUT2D eigenvalue weighted by Gasteiger charge is -2.04. The number of anilines is 1. The summed E-state index contributed by atoms with van der Waals surface area (Å²) < 4.78 is 0. The van der Waals surface area contributed by atoms with Crippen LogP contribution in [0.25, 0.3) is 0 Å². The molecule has 1 amide bonds. The second-order valence-corrected chi connectivity index (χ2v) is 3.38. The summed E-state index contributed by atoms with van der Waals surface area (Å²) >= 11 is 3.05. The number of carbonyl (C=O) groups excluding carboxylic acids is 1. The van der Waals surface area contributed by atoms with Gasteiger partial charge in [-0.2, -0.15) is 5.26 Å². The predicted molar refractivity (Wildman–Crippen MR) is 58.3 cm³/mol. The third-order valence-corrected chi connectivity index (χ3v) is 2.27. The molecule has 0 heterocycles. The Kier molecular flexibility index (Phi) is 3.66. The highest BCUT2D eigenvalue weighted by Crippen LogP contribution is 2.14. The van der Waals surface area contributed by atoms with E-state index >= 15 is 0 Å². The number of rotatable bonds is 2. The van der Waals surface area contributed by atoms with Gasteiger partial charge in [-0.3, -0.25) is 4.79 Å². The molecule has 4 heteroatoms. The van der Waals surface area contributed by atoms with Gasteiger partial charge in [0.1, 0.15) is 0 Å². The number of nitrogens with zero attached hydrogens (tertiary/aromatic N) is 1. The molecule has 0 bridgehead atoms. The van der Waals surface area contributed by atoms with Crippen molar-refractivity contribution in [3.8, 4) is 6.07 Å². The number of halogens is 1. The van der Waals surface area contributed by atoms with Gasteiger partial charge in [0.25, 0.3) is 0 Å². The summed E-state index contributed by atoms with van der Waals surface area (Å²) in [6.45, 7) is 1.86. The van der Waals surface area contributed by atoms with Crippen LogP contribution in [-0.4, -0.2) is 11.2 Å². The Bertz CT molecular complexity index is 396. The van der Waals surface area contributed by atoms with Crippen molar-refractivity contribution in [3.05, 3.63) is 29.3 Å². The van der Waals surface area contributed by atoms with Gasteiger partial charge in [-0.05, 0) is 24.6 Å².